The van der Waals surface area contributed by atoms with Crippen molar-refractivity contribution in [3.63, 3.8) is 0 Å². The van der Waals surface area contributed by atoms with E-state index in [1.54, 1.807) is 48.5 Å². The molecule has 9 heteroatoms. The Hall–Kier alpha value is -3.39. The van der Waals surface area contributed by atoms with E-state index in [1.165, 1.54) is 0 Å². The summed E-state index contributed by atoms with van der Waals surface area (Å²) in [4.78, 5) is 18.8. The van der Waals surface area contributed by atoms with Crippen molar-refractivity contribution < 1.29 is 4.92 Å². The molecule has 0 radical (unpaired) electrons. The van der Waals surface area contributed by atoms with E-state index in [4.69, 9.17) is 17.3 Å². The Balaban J connectivity index is 1.97. The second-order valence-electron chi connectivity index (χ2n) is 5.01. The molecular weight excluding hydrogens is 344 g/mol. The zero-order valence-electron chi connectivity index (χ0n) is 12.8. The van der Waals surface area contributed by atoms with Crippen LogP contribution in [0.15, 0.2) is 54.6 Å². The van der Waals surface area contributed by atoms with Crippen molar-refractivity contribution in [1.29, 1.82) is 0 Å². The van der Waals surface area contributed by atoms with Crippen LogP contribution in [0.1, 0.15) is 0 Å². The van der Waals surface area contributed by atoms with E-state index >= 15 is 0 Å². The van der Waals surface area contributed by atoms with E-state index in [-0.39, 0.29) is 23.3 Å². The van der Waals surface area contributed by atoms with E-state index in [0.29, 0.717) is 16.4 Å². The number of benzene rings is 2. The van der Waals surface area contributed by atoms with Gasteiger partial charge in [-0.1, -0.05) is 29.8 Å². The van der Waals surface area contributed by atoms with Crippen LogP contribution < -0.4 is 16.4 Å². The van der Waals surface area contributed by atoms with Crippen LogP contribution in [0.5, 0.6) is 0 Å². The van der Waals surface area contributed by atoms with Gasteiger partial charge in [0.05, 0.1) is 4.92 Å². The lowest BCUT2D eigenvalue weighted by molar-refractivity contribution is -0.383. The molecule has 3 rings (SSSR count). The Kier molecular flexibility index (Phi) is 4.62. The van der Waals surface area contributed by atoms with E-state index in [2.05, 4.69) is 20.6 Å². The number of nitrogens with one attached hydrogen (secondary N) is 2. The number of nitrogens with two attached hydrogens (primary N) is 1. The first-order valence-electron chi connectivity index (χ1n) is 7.19. The molecule has 0 saturated carbocycles. The molecule has 3 aromatic rings. The average Bonchev–Trinajstić information content (AvgIpc) is 2.57. The van der Waals surface area contributed by atoms with Gasteiger partial charge in [-0.05, 0) is 36.4 Å². The van der Waals surface area contributed by atoms with E-state index in [0.717, 1.165) is 0 Å². The number of nitrogen functional groups attached to an aromatic ring is 1. The molecule has 0 unspecified atom stereocenters. The zero-order chi connectivity index (χ0) is 17.8. The molecular formula is C16H13ClN6O2. The van der Waals surface area contributed by atoms with Crippen molar-refractivity contribution in [3.8, 4) is 0 Å². The van der Waals surface area contributed by atoms with Gasteiger partial charge < -0.3 is 16.4 Å². The number of nitrogens with zero attached hydrogens (tertiary/aromatic N) is 3. The molecule has 0 aliphatic carbocycles. The highest BCUT2D eigenvalue weighted by Crippen LogP contribution is 2.32. The first-order valence-corrected chi connectivity index (χ1v) is 7.57. The molecule has 0 spiro atoms. The Morgan fingerprint density at radius 1 is 0.960 bits per heavy atom. The maximum absolute atomic E-state index is 11.3. The second-order valence-corrected chi connectivity index (χ2v) is 5.45. The van der Waals surface area contributed by atoms with Crippen LogP contribution in [0.2, 0.25) is 5.02 Å². The van der Waals surface area contributed by atoms with Gasteiger partial charge >= 0.3 is 5.69 Å². The van der Waals surface area contributed by atoms with Gasteiger partial charge in [0.1, 0.15) is 0 Å². The van der Waals surface area contributed by atoms with Crippen molar-refractivity contribution in [2.75, 3.05) is 16.4 Å². The largest absolute Gasteiger partial charge is 0.378 e. The fraction of sp³-hybridized carbons (Fsp3) is 0. The lowest BCUT2D eigenvalue weighted by atomic mass is 10.3. The molecule has 0 atom stereocenters. The smallest absolute Gasteiger partial charge is 0.353 e. The van der Waals surface area contributed by atoms with Crippen molar-refractivity contribution in [2.45, 2.75) is 0 Å². The van der Waals surface area contributed by atoms with Gasteiger partial charge in [0, 0.05) is 16.4 Å². The number of anilines is 5. The van der Waals surface area contributed by atoms with Gasteiger partial charge in [-0.25, -0.2) is 0 Å². The number of hydrogen-bond acceptors (Lipinski definition) is 7. The molecule has 4 N–H and O–H groups in total. The molecule has 2 aromatic carbocycles. The monoisotopic (exact) mass is 356 g/mol. The molecule has 0 aliphatic rings. The maximum Gasteiger partial charge on any atom is 0.353 e. The van der Waals surface area contributed by atoms with E-state index in [1.807, 2.05) is 6.07 Å². The Morgan fingerprint density at radius 2 is 1.60 bits per heavy atom. The standard InChI is InChI=1S/C16H13ClN6O2/c17-10-6-8-12(9-7-10)20-16-21-14(18)13(23(24)25)15(22-16)19-11-4-2-1-3-5-11/h1-9H,(H4,18,19,20,21,22). The van der Waals surface area contributed by atoms with E-state index < -0.39 is 4.92 Å². The van der Waals surface area contributed by atoms with Crippen LogP contribution >= 0.6 is 11.6 Å². The predicted octanol–water partition coefficient (Wildman–Crippen LogP) is 4.11. The third kappa shape index (κ3) is 3.93. The summed E-state index contributed by atoms with van der Waals surface area (Å²) in [5, 5.41) is 17.7. The summed E-state index contributed by atoms with van der Waals surface area (Å²) in [5.41, 5.74) is 6.69. The molecule has 1 aromatic heterocycles. The van der Waals surface area contributed by atoms with Gasteiger partial charge in [-0.2, -0.15) is 9.97 Å². The third-order valence-electron chi connectivity index (χ3n) is 3.23. The molecule has 1 heterocycles. The summed E-state index contributed by atoms with van der Waals surface area (Å²) >= 11 is 5.85. The average molecular weight is 357 g/mol. The first kappa shape index (κ1) is 16.5. The molecule has 0 saturated heterocycles. The Labute approximate surface area is 147 Å². The summed E-state index contributed by atoms with van der Waals surface area (Å²) < 4.78 is 0. The summed E-state index contributed by atoms with van der Waals surface area (Å²) in [5.74, 6) is -0.112. The SMILES string of the molecule is Nc1nc(Nc2ccc(Cl)cc2)nc(Nc2ccccc2)c1[N+](=O)[O-]. The molecule has 8 nitrogen and oxygen atoms in total. The lowest BCUT2D eigenvalue weighted by Crippen LogP contribution is -2.08. The van der Waals surface area contributed by atoms with Crippen molar-refractivity contribution >= 4 is 46.2 Å². The molecule has 0 aliphatic heterocycles. The number of halogens is 1. The van der Waals surface area contributed by atoms with Gasteiger partial charge in [0.15, 0.2) is 0 Å². The normalized spacial score (nSPS) is 10.3. The molecule has 0 fully saturated rings. The Bertz CT molecular complexity index is 903. The zero-order valence-corrected chi connectivity index (χ0v) is 13.6. The van der Waals surface area contributed by atoms with Crippen molar-refractivity contribution in [1.82, 2.24) is 9.97 Å². The minimum atomic E-state index is -0.618. The van der Waals surface area contributed by atoms with Crippen molar-refractivity contribution in [2.24, 2.45) is 0 Å². The number of nitro groups is 1. The fourth-order valence-corrected chi connectivity index (χ4v) is 2.24. The lowest BCUT2D eigenvalue weighted by Gasteiger charge is -2.10. The number of rotatable bonds is 5. The summed E-state index contributed by atoms with van der Waals surface area (Å²) in [6, 6.07) is 15.8. The van der Waals surface area contributed by atoms with Crippen LogP contribution in [0.4, 0.5) is 34.6 Å². The van der Waals surface area contributed by atoms with Crippen LogP contribution in [0.25, 0.3) is 0 Å². The minimum Gasteiger partial charge on any atom is -0.378 e. The number of para-hydroxylation sites is 1. The highest BCUT2D eigenvalue weighted by atomic mass is 35.5. The number of hydrogen-bond donors (Lipinski definition) is 3. The van der Waals surface area contributed by atoms with Gasteiger partial charge in [0.25, 0.3) is 0 Å². The molecule has 0 amide bonds. The molecule has 25 heavy (non-hydrogen) atoms. The highest BCUT2D eigenvalue weighted by molar-refractivity contribution is 6.30. The number of aromatic nitrogens is 2. The summed E-state index contributed by atoms with van der Waals surface area (Å²) in [6.07, 6.45) is 0. The highest BCUT2D eigenvalue weighted by Gasteiger charge is 2.23. The van der Waals surface area contributed by atoms with Gasteiger partial charge in [-0.15, -0.1) is 0 Å². The van der Waals surface area contributed by atoms with Crippen LogP contribution in [0, 0.1) is 10.1 Å². The fourth-order valence-electron chi connectivity index (χ4n) is 2.12. The minimum absolute atomic E-state index is 0.000151. The molecule has 0 bridgehead atoms. The quantitative estimate of drug-likeness (QED) is 0.465. The Morgan fingerprint density at radius 3 is 2.24 bits per heavy atom. The topological polar surface area (TPSA) is 119 Å². The predicted molar refractivity (Wildman–Crippen MR) is 97.6 cm³/mol. The van der Waals surface area contributed by atoms with Gasteiger partial charge in [0.2, 0.25) is 17.6 Å². The molecule has 126 valence electrons. The summed E-state index contributed by atoms with van der Waals surface area (Å²) in [6.45, 7) is 0. The van der Waals surface area contributed by atoms with Gasteiger partial charge in [-0.3, -0.25) is 10.1 Å². The summed E-state index contributed by atoms with van der Waals surface area (Å²) in [7, 11) is 0. The second kappa shape index (κ2) is 7.02. The van der Waals surface area contributed by atoms with Crippen molar-refractivity contribution in [3.05, 3.63) is 69.7 Å². The van der Waals surface area contributed by atoms with Crippen LogP contribution in [-0.2, 0) is 0 Å². The van der Waals surface area contributed by atoms with E-state index in [9.17, 15) is 10.1 Å². The first-order chi connectivity index (χ1) is 12.0. The maximum atomic E-state index is 11.3. The van der Waals surface area contributed by atoms with Crippen LogP contribution in [-0.4, -0.2) is 14.9 Å². The van der Waals surface area contributed by atoms with Crippen LogP contribution in [0.3, 0.4) is 0 Å². The third-order valence-corrected chi connectivity index (χ3v) is 3.48.